The van der Waals surface area contributed by atoms with Crippen LogP contribution in [0.3, 0.4) is 0 Å². The van der Waals surface area contributed by atoms with Crippen LogP contribution in [0.15, 0.2) is 0 Å². The third kappa shape index (κ3) is 4.09. The van der Waals surface area contributed by atoms with Crippen molar-refractivity contribution in [2.45, 2.75) is 52.3 Å². The van der Waals surface area contributed by atoms with Crippen LogP contribution < -0.4 is 5.32 Å². The highest BCUT2D eigenvalue weighted by Crippen LogP contribution is 2.31. The number of nitrogens with zero attached hydrogens (tertiary/aromatic N) is 1. The number of halogens is 3. The van der Waals surface area contributed by atoms with E-state index in [0.29, 0.717) is 32.4 Å². The summed E-state index contributed by atoms with van der Waals surface area (Å²) >= 11 is 0. The zero-order chi connectivity index (χ0) is 14.7. The Morgan fingerprint density at radius 3 is 2.32 bits per heavy atom. The van der Waals surface area contributed by atoms with Gasteiger partial charge in [-0.25, -0.2) is 0 Å². The van der Waals surface area contributed by atoms with Crippen LogP contribution in [0.2, 0.25) is 0 Å². The smallest absolute Gasteiger partial charge is 0.330 e. The SMILES string of the molecule is CCC(CC)N(CC(F)(F)F)C(=O)C1(C)CCNC1. The number of carbonyl (C=O) groups is 1. The number of alkyl halides is 3. The van der Waals surface area contributed by atoms with Crippen molar-refractivity contribution in [3.05, 3.63) is 0 Å². The van der Waals surface area contributed by atoms with Crippen LogP contribution in [0, 0.1) is 5.41 Å². The minimum absolute atomic E-state index is 0.341. The molecule has 1 atom stereocenters. The Balaban J connectivity index is 2.91. The number of nitrogens with one attached hydrogen (secondary N) is 1. The molecule has 3 nitrogen and oxygen atoms in total. The summed E-state index contributed by atoms with van der Waals surface area (Å²) in [6, 6.07) is -0.341. The molecule has 0 aromatic heterocycles. The summed E-state index contributed by atoms with van der Waals surface area (Å²) in [4.78, 5) is 13.5. The first-order chi connectivity index (χ1) is 8.73. The van der Waals surface area contributed by atoms with E-state index >= 15 is 0 Å². The van der Waals surface area contributed by atoms with Gasteiger partial charge < -0.3 is 10.2 Å². The molecule has 0 saturated carbocycles. The summed E-state index contributed by atoms with van der Waals surface area (Å²) in [5.41, 5.74) is -0.701. The lowest BCUT2D eigenvalue weighted by Crippen LogP contribution is -2.51. The summed E-state index contributed by atoms with van der Waals surface area (Å²) < 4.78 is 38.1. The monoisotopic (exact) mass is 280 g/mol. The van der Waals surface area contributed by atoms with Crippen LogP contribution in [0.25, 0.3) is 0 Å². The van der Waals surface area contributed by atoms with Crippen LogP contribution in [-0.4, -0.2) is 42.7 Å². The Labute approximate surface area is 112 Å². The number of amides is 1. The third-order valence-corrected chi connectivity index (χ3v) is 3.88. The summed E-state index contributed by atoms with van der Waals surface area (Å²) in [5, 5.41) is 3.06. The van der Waals surface area contributed by atoms with Crippen LogP contribution in [0.4, 0.5) is 13.2 Å². The zero-order valence-corrected chi connectivity index (χ0v) is 11.8. The molecule has 19 heavy (non-hydrogen) atoms. The third-order valence-electron chi connectivity index (χ3n) is 3.88. The summed E-state index contributed by atoms with van der Waals surface area (Å²) in [6.07, 6.45) is -2.66. The number of hydrogen-bond donors (Lipinski definition) is 1. The molecule has 1 aliphatic rings. The van der Waals surface area contributed by atoms with Crippen molar-refractivity contribution < 1.29 is 18.0 Å². The highest BCUT2D eigenvalue weighted by atomic mass is 19.4. The van der Waals surface area contributed by atoms with E-state index in [4.69, 9.17) is 0 Å². The van der Waals surface area contributed by atoms with Gasteiger partial charge in [-0.05, 0) is 32.7 Å². The first-order valence-corrected chi connectivity index (χ1v) is 6.82. The lowest BCUT2D eigenvalue weighted by Gasteiger charge is -2.37. The molecule has 0 aromatic carbocycles. The van der Waals surface area contributed by atoms with E-state index in [-0.39, 0.29) is 11.9 Å². The first kappa shape index (κ1) is 16.3. The fourth-order valence-electron chi connectivity index (χ4n) is 2.64. The van der Waals surface area contributed by atoms with Crippen molar-refractivity contribution in [2.24, 2.45) is 5.41 Å². The molecule has 0 aromatic rings. The maximum atomic E-state index is 12.7. The molecule has 0 spiro atoms. The highest BCUT2D eigenvalue weighted by Gasteiger charge is 2.44. The fraction of sp³-hybridized carbons (Fsp3) is 0.923. The minimum atomic E-state index is -4.35. The number of rotatable bonds is 5. The van der Waals surface area contributed by atoms with Gasteiger partial charge in [-0.3, -0.25) is 4.79 Å². The first-order valence-electron chi connectivity index (χ1n) is 6.82. The van der Waals surface area contributed by atoms with Gasteiger partial charge in [-0.1, -0.05) is 13.8 Å². The van der Waals surface area contributed by atoms with Gasteiger partial charge in [0, 0.05) is 12.6 Å². The van der Waals surface area contributed by atoms with Gasteiger partial charge in [0.15, 0.2) is 0 Å². The molecule has 1 N–H and O–H groups in total. The Bertz CT molecular complexity index is 308. The molecule has 1 aliphatic heterocycles. The second kappa shape index (κ2) is 6.11. The van der Waals surface area contributed by atoms with E-state index < -0.39 is 18.1 Å². The van der Waals surface area contributed by atoms with Gasteiger partial charge in [0.2, 0.25) is 5.91 Å². The normalized spacial score (nSPS) is 23.9. The standard InChI is InChI=1S/C13H23F3N2O/c1-4-10(5-2)18(9-13(14,15)16)11(19)12(3)6-7-17-8-12/h10,17H,4-9H2,1-3H3. The maximum Gasteiger partial charge on any atom is 0.406 e. The van der Waals surface area contributed by atoms with Crippen LogP contribution in [-0.2, 0) is 4.79 Å². The maximum absolute atomic E-state index is 12.7. The van der Waals surface area contributed by atoms with Gasteiger partial charge >= 0.3 is 6.18 Å². The molecule has 1 rings (SSSR count). The van der Waals surface area contributed by atoms with Gasteiger partial charge in [0.25, 0.3) is 0 Å². The average Bonchev–Trinajstić information content (AvgIpc) is 2.75. The van der Waals surface area contributed by atoms with E-state index in [2.05, 4.69) is 5.32 Å². The Morgan fingerprint density at radius 1 is 1.37 bits per heavy atom. The van der Waals surface area contributed by atoms with Crippen molar-refractivity contribution in [3.63, 3.8) is 0 Å². The van der Waals surface area contributed by atoms with E-state index in [9.17, 15) is 18.0 Å². The fourth-order valence-corrected chi connectivity index (χ4v) is 2.64. The predicted octanol–water partition coefficient (Wildman–Crippen LogP) is 2.57. The molecule has 1 amide bonds. The summed E-state index contributed by atoms with van der Waals surface area (Å²) in [6.45, 7) is 5.39. The van der Waals surface area contributed by atoms with Gasteiger partial charge in [0.05, 0.1) is 5.41 Å². The number of carbonyl (C=O) groups excluding carboxylic acids is 1. The molecule has 0 bridgehead atoms. The average molecular weight is 280 g/mol. The van der Waals surface area contributed by atoms with Crippen LogP contribution in [0.1, 0.15) is 40.0 Å². The van der Waals surface area contributed by atoms with Crippen molar-refractivity contribution in [1.29, 1.82) is 0 Å². The van der Waals surface area contributed by atoms with E-state index in [1.807, 2.05) is 13.8 Å². The summed E-state index contributed by atoms with van der Waals surface area (Å²) in [5.74, 6) is -0.372. The molecule has 1 unspecified atom stereocenters. The molecule has 1 fully saturated rings. The second-order valence-electron chi connectivity index (χ2n) is 5.51. The van der Waals surface area contributed by atoms with Crippen LogP contribution >= 0.6 is 0 Å². The van der Waals surface area contributed by atoms with Gasteiger partial charge in [0.1, 0.15) is 6.54 Å². The van der Waals surface area contributed by atoms with Crippen molar-refractivity contribution in [1.82, 2.24) is 10.2 Å². The van der Waals surface area contributed by atoms with Crippen molar-refractivity contribution >= 4 is 5.91 Å². The molecule has 112 valence electrons. The highest BCUT2D eigenvalue weighted by molar-refractivity contribution is 5.83. The number of hydrogen-bond acceptors (Lipinski definition) is 2. The van der Waals surface area contributed by atoms with Crippen LogP contribution in [0.5, 0.6) is 0 Å². The molecular formula is C13H23F3N2O. The van der Waals surface area contributed by atoms with Gasteiger partial charge in [-0.15, -0.1) is 0 Å². The quantitative estimate of drug-likeness (QED) is 0.839. The van der Waals surface area contributed by atoms with E-state index in [1.54, 1.807) is 6.92 Å². The van der Waals surface area contributed by atoms with Crippen molar-refractivity contribution in [3.8, 4) is 0 Å². The Kier molecular flexibility index (Phi) is 5.24. The van der Waals surface area contributed by atoms with E-state index in [0.717, 1.165) is 4.90 Å². The molecule has 6 heteroatoms. The summed E-state index contributed by atoms with van der Waals surface area (Å²) in [7, 11) is 0. The molecule has 1 saturated heterocycles. The van der Waals surface area contributed by atoms with E-state index in [1.165, 1.54) is 0 Å². The molecule has 0 radical (unpaired) electrons. The van der Waals surface area contributed by atoms with Crippen molar-refractivity contribution in [2.75, 3.05) is 19.6 Å². The van der Waals surface area contributed by atoms with Gasteiger partial charge in [-0.2, -0.15) is 13.2 Å². The minimum Gasteiger partial charge on any atom is -0.330 e. The Morgan fingerprint density at radius 2 is 1.95 bits per heavy atom. The molecular weight excluding hydrogens is 257 g/mol. The topological polar surface area (TPSA) is 32.3 Å². The second-order valence-corrected chi connectivity index (χ2v) is 5.51. The Hall–Kier alpha value is -0.780. The molecule has 1 heterocycles. The lowest BCUT2D eigenvalue weighted by molar-refractivity contribution is -0.171. The lowest BCUT2D eigenvalue weighted by atomic mass is 9.87. The predicted molar refractivity (Wildman–Crippen MR) is 67.7 cm³/mol. The molecule has 0 aliphatic carbocycles. The largest absolute Gasteiger partial charge is 0.406 e. The zero-order valence-electron chi connectivity index (χ0n) is 11.8.